The van der Waals surface area contributed by atoms with Crippen molar-refractivity contribution in [3.63, 3.8) is 0 Å². The van der Waals surface area contributed by atoms with E-state index in [-0.39, 0.29) is 19.8 Å². The van der Waals surface area contributed by atoms with Gasteiger partial charge in [-0.05, 0) is 36.2 Å². The molecular weight excluding hydrogens is 344 g/mol. The second-order valence-corrected chi connectivity index (χ2v) is 6.23. The first-order valence-corrected chi connectivity index (χ1v) is 8.80. The zero-order valence-electron chi connectivity index (χ0n) is 15.3. The van der Waals surface area contributed by atoms with Crippen LogP contribution in [0.15, 0.2) is 55.1 Å². The zero-order chi connectivity index (χ0) is 19.2. The van der Waals surface area contributed by atoms with Crippen molar-refractivity contribution >= 4 is 11.0 Å². The molecule has 0 bridgehead atoms. The lowest BCUT2D eigenvalue weighted by atomic mass is 10.1. The van der Waals surface area contributed by atoms with Gasteiger partial charge < -0.3 is 24.3 Å². The van der Waals surface area contributed by atoms with Gasteiger partial charge in [-0.3, -0.25) is 0 Å². The van der Waals surface area contributed by atoms with Crippen LogP contribution in [-0.4, -0.2) is 39.6 Å². The third-order valence-electron chi connectivity index (χ3n) is 4.31. The second kappa shape index (κ2) is 8.70. The number of hydrogen-bond acceptors (Lipinski definition) is 5. The number of allylic oxidation sites excluding steroid dienone is 1. The van der Waals surface area contributed by atoms with Gasteiger partial charge in [-0.25, -0.2) is 4.98 Å². The first-order valence-electron chi connectivity index (χ1n) is 8.80. The van der Waals surface area contributed by atoms with E-state index in [4.69, 9.17) is 9.47 Å². The van der Waals surface area contributed by atoms with Gasteiger partial charge in [0.05, 0.1) is 24.7 Å². The van der Waals surface area contributed by atoms with E-state index < -0.39 is 6.10 Å². The molecule has 0 aliphatic heterocycles. The Balaban J connectivity index is 1.70. The van der Waals surface area contributed by atoms with Gasteiger partial charge in [-0.1, -0.05) is 24.3 Å². The van der Waals surface area contributed by atoms with Crippen molar-refractivity contribution < 1.29 is 19.7 Å². The summed E-state index contributed by atoms with van der Waals surface area (Å²) in [5, 5.41) is 20.0. The Morgan fingerprint density at radius 3 is 2.78 bits per heavy atom. The molecule has 142 valence electrons. The van der Waals surface area contributed by atoms with E-state index in [1.807, 2.05) is 53.1 Å². The second-order valence-electron chi connectivity index (χ2n) is 6.23. The summed E-state index contributed by atoms with van der Waals surface area (Å²) in [5.74, 6) is 1.70. The largest absolute Gasteiger partial charge is 0.493 e. The summed E-state index contributed by atoms with van der Waals surface area (Å²) in [4.78, 5) is 4.39. The highest BCUT2D eigenvalue weighted by Gasteiger charge is 2.15. The molecule has 6 heteroatoms. The van der Waals surface area contributed by atoms with Crippen molar-refractivity contribution in [1.29, 1.82) is 0 Å². The summed E-state index contributed by atoms with van der Waals surface area (Å²) in [5.41, 5.74) is 2.73. The quantitative estimate of drug-likeness (QED) is 0.568. The van der Waals surface area contributed by atoms with Crippen molar-refractivity contribution in [2.75, 3.05) is 13.7 Å². The fourth-order valence-corrected chi connectivity index (χ4v) is 3.02. The SMILES string of the molecule is C=CCc1ccc(OCC(O)Cn2c(CO)nc3ccccc32)c(OC)c1. The van der Waals surface area contributed by atoms with E-state index >= 15 is 0 Å². The first-order chi connectivity index (χ1) is 13.2. The van der Waals surface area contributed by atoms with Gasteiger partial charge in [0.1, 0.15) is 25.1 Å². The minimum absolute atomic E-state index is 0.0918. The predicted octanol–water partition coefficient (Wildman–Crippen LogP) is 2.71. The maximum Gasteiger partial charge on any atom is 0.161 e. The minimum Gasteiger partial charge on any atom is -0.493 e. The molecule has 1 atom stereocenters. The number of nitrogens with zero attached hydrogens (tertiary/aromatic N) is 2. The lowest BCUT2D eigenvalue weighted by molar-refractivity contribution is 0.0900. The third kappa shape index (κ3) is 4.30. The number of fused-ring (bicyclic) bond motifs is 1. The number of methoxy groups -OCH3 is 1. The molecule has 1 unspecified atom stereocenters. The molecule has 6 nitrogen and oxygen atoms in total. The number of aromatic nitrogens is 2. The number of imidazole rings is 1. The molecule has 27 heavy (non-hydrogen) atoms. The summed E-state index contributed by atoms with van der Waals surface area (Å²) in [6.07, 6.45) is 1.80. The molecule has 0 spiro atoms. The summed E-state index contributed by atoms with van der Waals surface area (Å²) in [7, 11) is 1.58. The summed E-state index contributed by atoms with van der Waals surface area (Å²) in [6.45, 7) is 3.90. The lowest BCUT2D eigenvalue weighted by Crippen LogP contribution is -2.24. The normalized spacial score (nSPS) is 12.1. The lowest BCUT2D eigenvalue weighted by Gasteiger charge is -2.17. The Kier molecular flexibility index (Phi) is 6.11. The van der Waals surface area contributed by atoms with E-state index in [1.165, 1.54) is 0 Å². The van der Waals surface area contributed by atoms with Crippen molar-refractivity contribution in [3.05, 3.63) is 66.5 Å². The standard InChI is InChI=1S/C21H24N2O4/c1-3-6-15-9-10-19(20(11-15)26-2)27-14-16(25)12-23-18-8-5-4-7-17(18)22-21(23)13-24/h3-5,7-11,16,24-25H,1,6,12-14H2,2H3. The number of benzene rings is 2. The highest BCUT2D eigenvalue weighted by molar-refractivity contribution is 5.75. The maximum atomic E-state index is 10.5. The molecule has 3 rings (SSSR count). The molecule has 0 aliphatic rings. The first kappa shape index (κ1) is 18.9. The highest BCUT2D eigenvalue weighted by atomic mass is 16.5. The van der Waals surface area contributed by atoms with E-state index in [0.29, 0.717) is 17.3 Å². The molecule has 3 aromatic rings. The van der Waals surface area contributed by atoms with Crippen LogP contribution in [0.3, 0.4) is 0 Å². The van der Waals surface area contributed by atoms with Gasteiger partial charge in [0, 0.05) is 0 Å². The molecule has 1 aromatic heterocycles. The average molecular weight is 368 g/mol. The zero-order valence-corrected chi connectivity index (χ0v) is 15.3. The Bertz CT molecular complexity index is 920. The van der Waals surface area contributed by atoms with Crippen molar-refractivity contribution in [2.24, 2.45) is 0 Å². The fraction of sp³-hybridized carbons (Fsp3) is 0.286. The minimum atomic E-state index is -0.773. The number of rotatable bonds is 9. The predicted molar refractivity (Wildman–Crippen MR) is 104 cm³/mol. The van der Waals surface area contributed by atoms with Gasteiger partial charge in [0.15, 0.2) is 11.5 Å². The average Bonchev–Trinajstić information content (AvgIpc) is 3.04. The van der Waals surface area contributed by atoms with Crippen LogP contribution in [0.2, 0.25) is 0 Å². The summed E-state index contributed by atoms with van der Waals surface area (Å²) < 4.78 is 12.9. The number of aliphatic hydroxyl groups excluding tert-OH is 2. The monoisotopic (exact) mass is 368 g/mol. The Morgan fingerprint density at radius 2 is 2.04 bits per heavy atom. The van der Waals surface area contributed by atoms with Crippen molar-refractivity contribution in [2.45, 2.75) is 25.7 Å². The topological polar surface area (TPSA) is 76.7 Å². The van der Waals surface area contributed by atoms with Crippen LogP contribution < -0.4 is 9.47 Å². The van der Waals surface area contributed by atoms with Crippen LogP contribution in [0.4, 0.5) is 0 Å². The fourth-order valence-electron chi connectivity index (χ4n) is 3.02. The Labute approximate surface area is 158 Å². The van der Waals surface area contributed by atoms with E-state index in [0.717, 1.165) is 23.0 Å². The Hall–Kier alpha value is -2.83. The van der Waals surface area contributed by atoms with Gasteiger partial charge in [0.25, 0.3) is 0 Å². The molecule has 0 saturated heterocycles. The van der Waals surface area contributed by atoms with Crippen LogP contribution >= 0.6 is 0 Å². The number of aliphatic hydroxyl groups is 2. The molecule has 2 N–H and O–H groups in total. The van der Waals surface area contributed by atoms with Gasteiger partial charge in [0.2, 0.25) is 0 Å². The van der Waals surface area contributed by atoms with Gasteiger partial charge in [-0.2, -0.15) is 0 Å². The van der Waals surface area contributed by atoms with Crippen LogP contribution in [0.1, 0.15) is 11.4 Å². The molecule has 1 heterocycles. The molecule has 0 aliphatic carbocycles. The van der Waals surface area contributed by atoms with Crippen LogP contribution in [-0.2, 0) is 19.6 Å². The van der Waals surface area contributed by atoms with Crippen LogP contribution in [0.25, 0.3) is 11.0 Å². The molecule has 0 saturated carbocycles. The van der Waals surface area contributed by atoms with Crippen molar-refractivity contribution in [3.8, 4) is 11.5 Å². The van der Waals surface area contributed by atoms with Crippen molar-refractivity contribution in [1.82, 2.24) is 9.55 Å². The number of para-hydroxylation sites is 2. The van der Waals surface area contributed by atoms with Gasteiger partial charge >= 0.3 is 0 Å². The van der Waals surface area contributed by atoms with E-state index in [1.54, 1.807) is 7.11 Å². The van der Waals surface area contributed by atoms with Gasteiger partial charge in [-0.15, -0.1) is 6.58 Å². The smallest absolute Gasteiger partial charge is 0.161 e. The molecular formula is C21H24N2O4. The summed E-state index contributed by atoms with van der Waals surface area (Å²) in [6, 6.07) is 13.3. The number of ether oxygens (including phenoxy) is 2. The van der Waals surface area contributed by atoms with E-state index in [9.17, 15) is 10.2 Å². The molecule has 0 radical (unpaired) electrons. The molecule has 0 amide bonds. The Morgan fingerprint density at radius 1 is 1.22 bits per heavy atom. The molecule has 0 fully saturated rings. The number of hydrogen-bond donors (Lipinski definition) is 2. The van der Waals surface area contributed by atoms with E-state index in [2.05, 4.69) is 11.6 Å². The highest BCUT2D eigenvalue weighted by Crippen LogP contribution is 2.28. The molecule has 2 aromatic carbocycles. The van der Waals surface area contributed by atoms with Crippen LogP contribution in [0.5, 0.6) is 11.5 Å². The van der Waals surface area contributed by atoms with Crippen LogP contribution in [0, 0.1) is 0 Å². The maximum absolute atomic E-state index is 10.5. The third-order valence-corrected chi connectivity index (χ3v) is 4.31. The summed E-state index contributed by atoms with van der Waals surface area (Å²) >= 11 is 0.